The number of nitrogens with zero attached hydrogens (tertiary/aromatic N) is 1. The van der Waals surface area contributed by atoms with E-state index in [1.165, 1.54) is 29.2 Å². The van der Waals surface area contributed by atoms with Crippen LogP contribution >= 0.6 is 0 Å². The number of carbonyl (C=O) groups excluding carboxylic acids is 2. The highest BCUT2D eigenvalue weighted by atomic mass is 19.1. The van der Waals surface area contributed by atoms with Crippen LogP contribution in [0.2, 0.25) is 0 Å². The van der Waals surface area contributed by atoms with Crippen LogP contribution in [0.4, 0.5) is 4.39 Å². The number of hydrogen-bond acceptors (Lipinski definition) is 4. The first-order chi connectivity index (χ1) is 10.1. The van der Waals surface area contributed by atoms with Gasteiger partial charge in [-0.2, -0.15) is 0 Å². The highest BCUT2D eigenvalue weighted by Crippen LogP contribution is 2.27. The van der Waals surface area contributed by atoms with Crippen LogP contribution in [0.3, 0.4) is 0 Å². The fourth-order valence-electron chi connectivity index (χ4n) is 1.91. The smallest absolute Gasteiger partial charge is 0.325 e. The number of rotatable bonds is 7. The summed E-state index contributed by atoms with van der Waals surface area (Å²) in [4.78, 5) is 25.1. The Morgan fingerprint density at radius 3 is 2.52 bits per heavy atom. The molecule has 1 amide bonds. The molecule has 1 saturated carbocycles. The molecule has 1 fully saturated rings. The summed E-state index contributed by atoms with van der Waals surface area (Å²) in [5.74, 6) is -0.637. The number of ether oxygens (including phenoxy) is 2. The zero-order chi connectivity index (χ0) is 15.2. The molecule has 1 aromatic rings. The van der Waals surface area contributed by atoms with Crippen LogP contribution in [0.1, 0.15) is 19.8 Å². The molecular formula is C15H18FNO4. The van der Waals surface area contributed by atoms with Gasteiger partial charge in [0.2, 0.25) is 0 Å². The van der Waals surface area contributed by atoms with E-state index in [2.05, 4.69) is 0 Å². The summed E-state index contributed by atoms with van der Waals surface area (Å²) >= 11 is 0. The van der Waals surface area contributed by atoms with Crippen molar-refractivity contribution in [1.82, 2.24) is 4.90 Å². The molecule has 0 heterocycles. The predicted molar refractivity (Wildman–Crippen MR) is 73.3 cm³/mol. The zero-order valence-electron chi connectivity index (χ0n) is 11.9. The molecule has 1 aromatic carbocycles. The molecule has 0 N–H and O–H groups in total. The van der Waals surface area contributed by atoms with Gasteiger partial charge in [0.15, 0.2) is 6.61 Å². The fourth-order valence-corrected chi connectivity index (χ4v) is 1.91. The van der Waals surface area contributed by atoms with Crippen molar-refractivity contribution in [2.75, 3.05) is 19.8 Å². The van der Waals surface area contributed by atoms with Gasteiger partial charge in [-0.15, -0.1) is 0 Å². The normalized spacial score (nSPS) is 13.6. The quantitative estimate of drug-likeness (QED) is 0.719. The minimum absolute atomic E-state index is 0.0515. The van der Waals surface area contributed by atoms with E-state index in [1.54, 1.807) is 6.92 Å². The van der Waals surface area contributed by atoms with E-state index in [9.17, 15) is 14.0 Å². The molecule has 1 aliphatic carbocycles. The number of hydrogen-bond donors (Lipinski definition) is 0. The highest BCUT2D eigenvalue weighted by Gasteiger charge is 2.34. The van der Waals surface area contributed by atoms with Crippen LogP contribution in [-0.4, -0.2) is 42.6 Å². The Morgan fingerprint density at radius 2 is 1.95 bits per heavy atom. The maximum absolute atomic E-state index is 12.8. The molecule has 0 bridgehead atoms. The van der Waals surface area contributed by atoms with Crippen LogP contribution in [0.15, 0.2) is 24.3 Å². The Morgan fingerprint density at radius 1 is 1.29 bits per heavy atom. The zero-order valence-corrected chi connectivity index (χ0v) is 11.9. The van der Waals surface area contributed by atoms with E-state index in [1.807, 2.05) is 0 Å². The third kappa shape index (κ3) is 4.73. The van der Waals surface area contributed by atoms with Gasteiger partial charge < -0.3 is 14.4 Å². The van der Waals surface area contributed by atoms with E-state index in [0.29, 0.717) is 5.75 Å². The first kappa shape index (κ1) is 15.3. The van der Waals surface area contributed by atoms with Crippen molar-refractivity contribution in [1.29, 1.82) is 0 Å². The van der Waals surface area contributed by atoms with Gasteiger partial charge in [0.25, 0.3) is 5.91 Å². The van der Waals surface area contributed by atoms with Crippen molar-refractivity contribution in [2.45, 2.75) is 25.8 Å². The van der Waals surface area contributed by atoms with Crippen LogP contribution in [0.5, 0.6) is 5.75 Å². The number of amides is 1. The van der Waals surface area contributed by atoms with Crippen molar-refractivity contribution in [3.05, 3.63) is 30.1 Å². The van der Waals surface area contributed by atoms with Gasteiger partial charge >= 0.3 is 5.97 Å². The largest absolute Gasteiger partial charge is 0.484 e. The summed E-state index contributed by atoms with van der Waals surface area (Å²) < 4.78 is 22.9. The average Bonchev–Trinajstić information content (AvgIpc) is 3.29. The van der Waals surface area contributed by atoms with Crippen LogP contribution in [-0.2, 0) is 14.3 Å². The van der Waals surface area contributed by atoms with Gasteiger partial charge in [-0.1, -0.05) is 0 Å². The number of halogens is 1. The second-order valence-corrected chi connectivity index (χ2v) is 4.80. The van der Waals surface area contributed by atoms with Gasteiger partial charge in [0.05, 0.1) is 6.61 Å². The second kappa shape index (κ2) is 7.06. The molecule has 0 atom stereocenters. The standard InChI is InChI=1S/C15H18FNO4/c1-2-20-15(19)9-17(12-5-6-12)14(18)10-21-13-7-3-11(16)4-8-13/h3-4,7-8,12H,2,5-6,9-10H2,1H3. The molecule has 0 saturated heterocycles. The van der Waals surface area contributed by atoms with Gasteiger partial charge in [-0.25, -0.2) is 4.39 Å². The molecule has 0 unspecified atom stereocenters. The van der Waals surface area contributed by atoms with E-state index >= 15 is 0 Å². The lowest BCUT2D eigenvalue weighted by molar-refractivity contribution is -0.150. The molecule has 0 aliphatic heterocycles. The van der Waals surface area contributed by atoms with Crippen molar-refractivity contribution in [3.8, 4) is 5.75 Å². The maximum atomic E-state index is 12.8. The van der Waals surface area contributed by atoms with Crippen LogP contribution in [0, 0.1) is 5.82 Å². The predicted octanol–water partition coefficient (Wildman–Crippen LogP) is 1.76. The van der Waals surface area contributed by atoms with Gasteiger partial charge in [0.1, 0.15) is 18.1 Å². The maximum Gasteiger partial charge on any atom is 0.325 e. The lowest BCUT2D eigenvalue weighted by Crippen LogP contribution is -2.40. The van der Waals surface area contributed by atoms with Gasteiger partial charge in [0, 0.05) is 6.04 Å². The molecule has 21 heavy (non-hydrogen) atoms. The summed E-state index contributed by atoms with van der Waals surface area (Å²) in [6.07, 6.45) is 1.78. The Bertz CT molecular complexity index is 499. The molecule has 114 valence electrons. The van der Waals surface area contributed by atoms with E-state index in [0.717, 1.165) is 12.8 Å². The number of carbonyl (C=O) groups is 2. The molecule has 6 heteroatoms. The molecule has 5 nitrogen and oxygen atoms in total. The van der Waals surface area contributed by atoms with E-state index < -0.39 is 5.97 Å². The first-order valence-corrected chi connectivity index (χ1v) is 6.93. The van der Waals surface area contributed by atoms with E-state index in [-0.39, 0.29) is 37.5 Å². The molecule has 1 aliphatic rings. The lowest BCUT2D eigenvalue weighted by Gasteiger charge is -2.21. The molecular weight excluding hydrogens is 277 g/mol. The van der Waals surface area contributed by atoms with E-state index in [4.69, 9.17) is 9.47 Å². The summed E-state index contributed by atoms with van der Waals surface area (Å²) in [6, 6.07) is 5.53. The van der Waals surface area contributed by atoms with Crippen LogP contribution in [0.25, 0.3) is 0 Å². The minimum atomic E-state index is -0.417. The van der Waals surface area contributed by atoms with Gasteiger partial charge in [-0.05, 0) is 44.0 Å². The summed E-state index contributed by atoms with van der Waals surface area (Å²) in [7, 11) is 0. The SMILES string of the molecule is CCOC(=O)CN(C(=O)COc1ccc(F)cc1)C1CC1. The molecule has 0 radical (unpaired) electrons. The number of esters is 1. The summed E-state index contributed by atoms with van der Waals surface area (Å²) in [5.41, 5.74) is 0. The molecule has 0 spiro atoms. The lowest BCUT2D eigenvalue weighted by atomic mass is 10.3. The topological polar surface area (TPSA) is 55.8 Å². The molecule has 2 rings (SSSR count). The fraction of sp³-hybridized carbons (Fsp3) is 0.467. The summed E-state index contributed by atoms with van der Waals surface area (Å²) in [6.45, 7) is 1.78. The Hall–Kier alpha value is -2.11. The Balaban J connectivity index is 1.86. The average molecular weight is 295 g/mol. The minimum Gasteiger partial charge on any atom is -0.484 e. The Labute approximate surface area is 122 Å². The highest BCUT2D eigenvalue weighted by molar-refractivity contribution is 5.83. The van der Waals surface area contributed by atoms with Gasteiger partial charge in [-0.3, -0.25) is 9.59 Å². The van der Waals surface area contributed by atoms with Crippen molar-refractivity contribution < 1.29 is 23.5 Å². The monoisotopic (exact) mass is 295 g/mol. The second-order valence-electron chi connectivity index (χ2n) is 4.80. The molecule has 0 aromatic heterocycles. The third-order valence-electron chi connectivity index (χ3n) is 3.09. The number of benzene rings is 1. The van der Waals surface area contributed by atoms with Crippen LogP contribution < -0.4 is 4.74 Å². The third-order valence-corrected chi connectivity index (χ3v) is 3.09. The van der Waals surface area contributed by atoms with Crippen molar-refractivity contribution in [2.24, 2.45) is 0 Å². The van der Waals surface area contributed by atoms with Crippen molar-refractivity contribution in [3.63, 3.8) is 0 Å². The first-order valence-electron chi connectivity index (χ1n) is 6.93. The Kier molecular flexibility index (Phi) is 5.14. The van der Waals surface area contributed by atoms with Crippen molar-refractivity contribution >= 4 is 11.9 Å². The summed E-state index contributed by atoms with van der Waals surface area (Å²) in [5, 5.41) is 0.